The van der Waals surface area contributed by atoms with E-state index in [4.69, 9.17) is 9.47 Å². The number of benzene rings is 2. The number of amides is 1. The van der Waals surface area contributed by atoms with Gasteiger partial charge in [0.15, 0.2) is 11.5 Å². The smallest absolute Gasteiger partial charge is 0.286 e. The normalized spacial score (nSPS) is 12.3. The molecule has 27 heavy (non-hydrogen) atoms. The number of aromatic nitrogens is 2. The zero-order chi connectivity index (χ0) is 19.0. The fraction of sp³-hybridized carbons (Fsp3) is 0.222. The fourth-order valence-corrected chi connectivity index (χ4v) is 3.13. The van der Waals surface area contributed by atoms with E-state index in [9.17, 15) is 14.9 Å². The number of hydrogen-bond acceptors (Lipinski definition) is 6. The Kier molecular flexibility index (Phi) is 4.11. The van der Waals surface area contributed by atoms with Crippen LogP contribution in [0.15, 0.2) is 36.4 Å². The van der Waals surface area contributed by atoms with Gasteiger partial charge in [-0.25, -0.2) is 4.98 Å². The summed E-state index contributed by atoms with van der Waals surface area (Å²) < 4.78 is 12.4. The predicted octanol–water partition coefficient (Wildman–Crippen LogP) is 2.62. The van der Waals surface area contributed by atoms with Gasteiger partial charge >= 0.3 is 0 Å². The van der Waals surface area contributed by atoms with Crippen molar-refractivity contribution in [2.45, 2.75) is 20.0 Å². The van der Waals surface area contributed by atoms with Crippen molar-refractivity contribution in [2.24, 2.45) is 0 Å². The van der Waals surface area contributed by atoms with Crippen LogP contribution < -0.4 is 14.8 Å². The number of ether oxygens (including phenoxy) is 2. The Labute approximate surface area is 153 Å². The van der Waals surface area contributed by atoms with Crippen LogP contribution in [0.5, 0.6) is 11.5 Å². The van der Waals surface area contributed by atoms with E-state index >= 15 is 0 Å². The summed E-state index contributed by atoms with van der Waals surface area (Å²) in [5.74, 6) is 0.669. The summed E-state index contributed by atoms with van der Waals surface area (Å²) in [7, 11) is 0. The molecule has 0 bridgehead atoms. The second-order valence-corrected chi connectivity index (χ2v) is 5.92. The van der Waals surface area contributed by atoms with E-state index < -0.39 is 10.8 Å². The van der Waals surface area contributed by atoms with Crippen LogP contribution in [0.4, 0.5) is 5.69 Å². The maximum atomic E-state index is 12.6. The number of para-hydroxylation sites is 2. The van der Waals surface area contributed by atoms with Gasteiger partial charge in [0, 0.05) is 12.6 Å². The lowest BCUT2D eigenvalue weighted by molar-refractivity contribution is -0.385. The van der Waals surface area contributed by atoms with Crippen molar-refractivity contribution in [2.75, 3.05) is 6.79 Å². The minimum Gasteiger partial charge on any atom is -0.454 e. The monoisotopic (exact) mass is 368 g/mol. The Morgan fingerprint density at radius 1 is 1.30 bits per heavy atom. The largest absolute Gasteiger partial charge is 0.454 e. The van der Waals surface area contributed by atoms with Crippen molar-refractivity contribution in [3.63, 3.8) is 0 Å². The van der Waals surface area contributed by atoms with Crippen molar-refractivity contribution in [1.29, 1.82) is 0 Å². The third kappa shape index (κ3) is 2.92. The minimum atomic E-state index is -0.613. The number of nitrogens with one attached hydrogen (secondary N) is 1. The van der Waals surface area contributed by atoms with Gasteiger partial charge in [-0.3, -0.25) is 14.9 Å². The molecule has 2 heterocycles. The van der Waals surface area contributed by atoms with Crippen molar-refractivity contribution < 1.29 is 19.2 Å². The molecule has 3 aromatic rings. The second-order valence-electron chi connectivity index (χ2n) is 5.92. The molecular formula is C18H16N4O5. The third-order valence-electron chi connectivity index (χ3n) is 4.39. The zero-order valence-corrected chi connectivity index (χ0v) is 14.5. The lowest BCUT2D eigenvalue weighted by Gasteiger charge is -2.09. The van der Waals surface area contributed by atoms with Gasteiger partial charge in [0.05, 0.1) is 28.6 Å². The zero-order valence-electron chi connectivity index (χ0n) is 14.5. The first-order valence-corrected chi connectivity index (χ1v) is 8.39. The fourth-order valence-electron chi connectivity index (χ4n) is 3.13. The summed E-state index contributed by atoms with van der Waals surface area (Å²) in [6.07, 6.45) is 0. The maximum absolute atomic E-state index is 12.6. The second kappa shape index (κ2) is 6.60. The van der Waals surface area contributed by atoms with Crippen LogP contribution >= 0.6 is 0 Å². The topological polar surface area (TPSA) is 109 Å². The number of nitro groups is 1. The number of nitrogens with zero attached hydrogens (tertiary/aromatic N) is 3. The van der Waals surface area contributed by atoms with E-state index in [0.717, 1.165) is 11.0 Å². The molecule has 138 valence electrons. The van der Waals surface area contributed by atoms with Gasteiger partial charge in [-0.2, -0.15) is 0 Å². The highest BCUT2D eigenvalue weighted by atomic mass is 16.7. The van der Waals surface area contributed by atoms with Gasteiger partial charge in [0.2, 0.25) is 6.79 Å². The molecule has 0 unspecified atom stereocenters. The van der Waals surface area contributed by atoms with Crippen LogP contribution in [0, 0.1) is 10.1 Å². The highest BCUT2D eigenvalue weighted by molar-refractivity contribution is 5.99. The van der Waals surface area contributed by atoms with Crippen molar-refractivity contribution >= 4 is 22.6 Å². The molecule has 4 rings (SSSR count). The van der Waals surface area contributed by atoms with Crippen LogP contribution in [0.3, 0.4) is 0 Å². The molecule has 9 nitrogen and oxygen atoms in total. The quantitative estimate of drug-likeness (QED) is 0.548. The molecule has 0 saturated heterocycles. The lowest BCUT2D eigenvalue weighted by atomic mass is 10.1. The molecule has 0 saturated carbocycles. The molecule has 9 heteroatoms. The van der Waals surface area contributed by atoms with Gasteiger partial charge < -0.3 is 19.4 Å². The average molecular weight is 368 g/mol. The van der Waals surface area contributed by atoms with E-state index in [2.05, 4.69) is 10.3 Å². The average Bonchev–Trinajstić information content (AvgIpc) is 3.27. The predicted molar refractivity (Wildman–Crippen MR) is 95.8 cm³/mol. The number of hydrogen-bond donors (Lipinski definition) is 1. The van der Waals surface area contributed by atoms with Crippen LogP contribution in [-0.2, 0) is 13.1 Å². The molecule has 0 atom stereocenters. The Morgan fingerprint density at radius 3 is 2.78 bits per heavy atom. The standard InChI is InChI=1S/C18H16N4O5/c1-2-21-13-6-4-3-5-12(13)20-17(21)9-19-18(23)11-7-15-16(27-10-26-15)8-14(11)22(24)25/h3-8H,2,9-10H2,1H3,(H,19,23). The van der Waals surface area contributed by atoms with Gasteiger partial charge in [-0.1, -0.05) is 12.1 Å². The number of aryl methyl sites for hydroxylation is 1. The number of fused-ring (bicyclic) bond motifs is 2. The Bertz CT molecular complexity index is 1060. The van der Waals surface area contributed by atoms with E-state index in [-0.39, 0.29) is 30.3 Å². The van der Waals surface area contributed by atoms with Gasteiger partial charge in [-0.05, 0) is 19.1 Å². The van der Waals surface area contributed by atoms with Gasteiger partial charge in [0.25, 0.3) is 11.6 Å². The first-order chi connectivity index (χ1) is 13.1. The number of nitro benzene ring substituents is 1. The van der Waals surface area contributed by atoms with Crippen LogP contribution in [0.2, 0.25) is 0 Å². The Morgan fingerprint density at radius 2 is 2.04 bits per heavy atom. The van der Waals surface area contributed by atoms with Crippen LogP contribution in [0.25, 0.3) is 11.0 Å². The SMILES string of the molecule is CCn1c(CNC(=O)c2cc3c(cc2[N+](=O)[O-])OCO3)nc2ccccc21. The molecule has 0 radical (unpaired) electrons. The lowest BCUT2D eigenvalue weighted by Crippen LogP contribution is -2.25. The van der Waals surface area contributed by atoms with E-state index in [1.165, 1.54) is 12.1 Å². The summed E-state index contributed by atoms with van der Waals surface area (Å²) in [5.41, 5.74) is 1.39. The first-order valence-electron chi connectivity index (χ1n) is 8.39. The Hall–Kier alpha value is -3.62. The molecule has 1 amide bonds. The molecule has 0 aliphatic carbocycles. The summed E-state index contributed by atoms with van der Waals surface area (Å²) in [5, 5.41) is 14.0. The van der Waals surface area contributed by atoms with Gasteiger partial charge in [0.1, 0.15) is 11.4 Å². The van der Waals surface area contributed by atoms with Crippen LogP contribution in [0.1, 0.15) is 23.1 Å². The molecule has 1 aliphatic rings. The number of carbonyl (C=O) groups is 1. The highest BCUT2D eigenvalue weighted by Gasteiger charge is 2.27. The number of rotatable bonds is 5. The molecule has 1 N–H and O–H groups in total. The maximum Gasteiger partial charge on any atom is 0.286 e. The molecule has 2 aromatic carbocycles. The summed E-state index contributed by atoms with van der Waals surface area (Å²) in [4.78, 5) is 27.9. The number of carbonyl (C=O) groups excluding carboxylic acids is 1. The first kappa shape index (κ1) is 16.8. The van der Waals surface area contributed by atoms with E-state index in [1.54, 1.807) is 0 Å². The number of imidazole rings is 1. The molecule has 1 aliphatic heterocycles. The van der Waals surface area contributed by atoms with Crippen LogP contribution in [-0.4, -0.2) is 27.2 Å². The Balaban J connectivity index is 1.61. The summed E-state index contributed by atoms with van der Waals surface area (Å²) in [6.45, 7) is 2.79. The van der Waals surface area contributed by atoms with E-state index in [0.29, 0.717) is 18.1 Å². The molecule has 0 fully saturated rings. The molecule has 1 aromatic heterocycles. The van der Waals surface area contributed by atoms with Crippen molar-refractivity contribution in [1.82, 2.24) is 14.9 Å². The minimum absolute atomic E-state index is 0.0297. The highest BCUT2D eigenvalue weighted by Crippen LogP contribution is 2.37. The molecule has 0 spiro atoms. The van der Waals surface area contributed by atoms with E-state index in [1.807, 2.05) is 35.8 Å². The summed E-state index contributed by atoms with van der Waals surface area (Å²) in [6, 6.07) is 10.2. The van der Waals surface area contributed by atoms with Crippen molar-refractivity contribution in [3.8, 4) is 11.5 Å². The molecular weight excluding hydrogens is 352 g/mol. The van der Waals surface area contributed by atoms with Crippen molar-refractivity contribution in [3.05, 3.63) is 57.9 Å². The summed E-state index contributed by atoms with van der Waals surface area (Å²) >= 11 is 0. The van der Waals surface area contributed by atoms with Gasteiger partial charge in [-0.15, -0.1) is 0 Å². The third-order valence-corrected chi connectivity index (χ3v) is 4.39.